The highest BCUT2D eigenvalue weighted by Crippen LogP contribution is 2.27. The Labute approximate surface area is 93.0 Å². The van der Waals surface area contributed by atoms with Crippen molar-refractivity contribution in [3.63, 3.8) is 0 Å². The molecule has 3 atom stereocenters. The maximum Gasteiger partial charge on any atom is 0.236 e. The number of rotatable bonds is 4. The maximum absolute atomic E-state index is 11.3. The molecule has 0 aliphatic heterocycles. The summed E-state index contributed by atoms with van der Waals surface area (Å²) in [5.74, 6) is 1.71. The second-order valence-electron chi connectivity index (χ2n) is 4.88. The quantitative estimate of drug-likeness (QED) is 0.742. The van der Waals surface area contributed by atoms with Crippen LogP contribution < -0.4 is 10.6 Å². The Balaban J connectivity index is 2.21. The zero-order valence-corrected chi connectivity index (χ0v) is 10.2. The highest BCUT2D eigenvalue weighted by Gasteiger charge is 2.20. The Morgan fingerprint density at radius 3 is 2.80 bits per heavy atom. The molecule has 2 N–H and O–H groups in total. The molecule has 0 saturated heterocycles. The van der Waals surface area contributed by atoms with Gasteiger partial charge in [-0.15, -0.1) is 0 Å². The minimum atomic E-state index is -0.0627. The molecular formula is C12H24N2O. The van der Waals surface area contributed by atoms with Crippen LogP contribution in [0.4, 0.5) is 0 Å². The van der Waals surface area contributed by atoms with E-state index in [1.54, 1.807) is 7.05 Å². The molecule has 1 aliphatic carbocycles. The molecular weight excluding hydrogens is 188 g/mol. The average molecular weight is 212 g/mol. The van der Waals surface area contributed by atoms with Gasteiger partial charge in [0.2, 0.25) is 5.91 Å². The monoisotopic (exact) mass is 212 g/mol. The molecule has 1 fully saturated rings. The first-order valence-corrected chi connectivity index (χ1v) is 6.08. The van der Waals surface area contributed by atoms with Crippen LogP contribution in [0.2, 0.25) is 0 Å². The van der Waals surface area contributed by atoms with Crippen molar-refractivity contribution in [1.29, 1.82) is 0 Å². The standard InChI is InChI=1S/C12H24N2O/c1-9-5-4-6-11(7-9)8-14-10(2)12(15)13-3/h9-11,14H,4-8H2,1-3H3,(H,13,15). The molecule has 3 nitrogen and oxygen atoms in total. The molecule has 0 spiro atoms. The Bertz CT molecular complexity index is 206. The van der Waals surface area contributed by atoms with Crippen LogP contribution in [0.1, 0.15) is 39.5 Å². The van der Waals surface area contributed by atoms with Crippen molar-refractivity contribution >= 4 is 5.91 Å². The zero-order chi connectivity index (χ0) is 11.3. The minimum Gasteiger partial charge on any atom is -0.358 e. The van der Waals surface area contributed by atoms with Crippen LogP contribution >= 0.6 is 0 Å². The molecule has 0 aromatic carbocycles. The summed E-state index contributed by atoms with van der Waals surface area (Å²) in [4.78, 5) is 11.3. The Kier molecular flexibility index (Phi) is 5.09. The van der Waals surface area contributed by atoms with Crippen molar-refractivity contribution < 1.29 is 4.79 Å². The van der Waals surface area contributed by atoms with E-state index in [1.165, 1.54) is 25.7 Å². The van der Waals surface area contributed by atoms with E-state index < -0.39 is 0 Å². The number of likely N-dealkylation sites (N-methyl/N-ethyl adjacent to an activating group) is 1. The first-order chi connectivity index (χ1) is 7.13. The molecule has 0 heterocycles. The summed E-state index contributed by atoms with van der Waals surface area (Å²) >= 11 is 0. The van der Waals surface area contributed by atoms with Crippen LogP contribution in [0, 0.1) is 11.8 Å². The number of carbonyl (C=O) groups excluding carboxylic acids is 1. The smallest absolute Gasteiger partial charge is 0.236 e. The SMILES string of the molecule is CNC(=O)C(C)NCC1CCCC(C)C1. The first kappa shape index (κ1) is 12.5. The lowest BCUT2D eigenvalue weighted by Gasteiger charge is -2.27. The van der Waals surface area contributed by atoms with Gasteiger partial charge in [0.25, 0.3) is 0 Å². The molecule has 0 radical (unpaired) electrons. The van der Waals surface area contributed by atoms with E-state index >= 15 is 0 Å². The molecule has 0 aromatic rings. The molecule has 3 heteroatoms. The van der Waals surface area contributed by atoms with Crippen molar-refractivity contribution in [2.24, 2.45) is 11.8 Å². The number of nitrogens with one attached hydrogen (secondary N) is 2. The summed E-state index contributed by atoms with van der Waals surface area (Å²) in [5.41, 5.74) is 0. The fourth-order valence-corrected chi connectivity index (χ4v) is 2.40. The summed E-state index contributed by atoms with van der Waals surface area (Å²) in [5, 5.41) is 5.97. The topological polar surface area (TPSA) is 41.1 Å². The van der Waals surface area contributed by atoms with Gasteiger partial charge in [0.05, 0.1) is 6.04 Å². The van der Waals surface area contributed by atoms with E-state index in [1.807, 2.05) is 6.92 Å². The second kappa shape index (κ2) is 6.11. The highest BCUT2D eigenvalue weighted by atomic mass is 16.2. The van der Waals surface area contributed by atoms with E-state index in [0.29, 0.717) is 0 Å². The Morgan fingerprint density at radius 1 is 1.47 bits per heavy atom. The first-order valence-electron chi connectivity index (χ1n) is 6.08. The fourth-order valence-electron chi connectivity index (χ4n) is 2.40. The summed E-state index contributed by atoms with van der Waals surface area (Å²) in [6.07, 6.45) is 5.36. The van der Waals surface area contributed by atoms with E-state index in [-0.39, 0.29) is 11.9 Å². The summed E-state index contributed by atoms with van der Waals surface area (Å²) in [6, 6.07) is -0.0627. The van der Waals surface area contributed by atoms with Gasteiger partial charge < -0.3 is 10.6 Å². The van der Waals surface area contributed by atoms with E-state index in [4.69, 9.17) is 0 Å². The lowest BCUT2D eigenvalue weighted by Crippen LogP contribution is -2.43. The number of amides is 1. The van der Waals surface area contributed by atoms with Crippen LogP contribution in [-0.2, 0) is 4.79 Å². The van der Waals surface area contributed by atoms with Gasteiger partial charge in [-0.05, 0) is 38.1 Å². The van der Waals surface area contributed by atoms with Gasteiger partial charge in [0.1, 0.15) is 0 Å². The van der Waals surface area contributed by atoms with Crippen LogP contribution in [0.25, 0.3) is 0 Å². The fraction of sp³-hybridized carbons (Fsp3) is 0.917. The van der Waals surface area contributed by atoms with E-state index in [9.17, 15) is 4.79 Å². The van der Waals surface area contributed by atoms with Crippen molar-refractivity contribution in [3.05, 3.63) is 0 Å². The third-order valence-electron chi connectivity index (χ3n) is 3.40. The van der Waals surface area contributed by atoms with Gasteiger partial charge in [-0.1, -0.05) is 19.8 Å². The Hall–Kier alpha value is -0.570. The molecule has 88 valence electrons. The predicted octanol–water partition coefficient (Wildman–Crippen LogP) is 1.54. The van der Waals surface area contributed by atoms with Crippen LogP contribution in [0.3, 0.4) is 0 Å². The summed E-state index contributed by atoms with van der Waals surface area (Å²) < 4.78 is 0. The molecule has 1 saturated carbocycles. The van der Waals surface area contributed by atoms with Gasteiger partial charge in [0.15, 0.2) is 0 Å². The lowest BCUT2D eigenvalue weighted by atomic mass is 9.82. The van der Waals surface area contributed by atoms with Gasteiger partial charge in [-0.25, -0.2) is 0 Å². The van der Waals surface area contributed by atoms with E-state index in [0.717, 1.165) is 18.4 Å². The minimum absolute atomic E-state index is 0.0627. The second-order valence-corrected chi connectivity index (χ2v) is 4.88. The van der Waals surface area contributed by atoms with Crippen molar-refractivity contribution in [2.45, 2.75) is 45.6 Å². The van der Waals surface area contributed by atoms with Gasteiger partial charge in [-0.3, -0.25) is 4.79 Å². The summed E-state index contributed by atoms with van der Waals surface area (Å²) in [7, 11) is 1.68. The van der Waals surface area contributed by atoms with Crippen molar-refractivity contribution in [3.8, 4) is 0 Å². The molecule has 0 bridgehead atoms. The average Bonchev–Trinajstić information content (AvgIpc) is 2.25. The highest BCUT2D eigenvalue weighted by molar-refractivity contribution is 5.80. The molecule has 15 heavy (non-hydrogen) atoms. The lowest BCUT2D eigenvalue weighted by molar-refractivity contribution is -0.122. The normalized spacial score (nSPS) is 28.5. The summed E-state index contributed by atoms with van der Waals surface area (Å²) in [6.45, 7) is 5.23. The third kappa shape index (κ3) is 4.20. The van der Waals surface area contributed by atoms with E-state index in [2.05, 4.69) is 17.6 Å². The molecule has 3 unspecified atom stereocenters. The predicted molar refractivity (Wildman–Crippen MR) is 62.7 cm³/mol. The molecule has 0 aromatic heterocycles. The maximum atomic E-state index is 11.3. The van der Waals surface area contributed by atoms with Crippen molar-refractivity contribution in [1.82, 2.24) is 10.6 Å². The molecule has 1 aliphatic rings. The van der Waals surface area contributed by atoms with Crippen LogP contribution in [0.15, 0.2) is 0 Å². The number of carbonyl (C=O) groups is 1. The van der Waals surface area contributed by atoms with Gasteiger partial charge in [0, 0.05) is 7.05 Å². The molecule has 1 rings (SSSR count). The van der Waals surface area contributed by atoms with Gasteiger partial charge in [-0.2, -0.15) is 0 Å². The van der Waals surface area contributed by atoms with Crippen LogP contribution in [-0.4, -0.2) is 25.5 Å². The number of hydrogen-bond acceptors (Lipinski definition) is 2. The third-order valence-corrected chi connectivity index (χ3v) is 3.40. The van der Waals surface area contributed by atoms with Crippen LogP contribution in [0.5, 0.6) is 0 Å². The van der Waals surface area contributed by atoms with Crippen molar-refractivity contribution in [2.75, 3.05) is 13.6 Å². The van der Waals surface area contributed by atoms with Gasteiger partial charge >= 0.3 is 0 Å². The largest absolute Gasteiger partial charge is 0.358 e. The number of hydrogen-bond donors (Lipinski definition) is 2. The zero-order valence-electron chi connectivity index (χ0n) is 10.2. The molecule has 1 amide bonds. The Morgan fingerprint density at radius 2 is 2.20 bits per heavy atom.